The predicted molar refractivity (Wildman–Crippen MR) is 156 cm³/mol. The summed E-state index contributed by atoms with van der Waals surface area (Å²) in [5.74, 6) is -4.95. The third-order valence-corrected chi connectivity index (χ3v) is 7.02. The molecule has 0 saturated carbocycles. The number of nitrogens with zero attached hydrogens (tertiary/aromatic N) is 1. The van der Waals surface area contributed by atoms with E-state index in [0.29, 0.717) is 11.1 Å². The number of benzene rings is 4. The zero-order chi connectivity index (χ0) is 31.0. The molecule has 0 aliphatic carbocycles. The molecule has 0 bridgehead atoms. The van der Waals surface area contributed by atoms with Crippen LogP contribution in [0.3, 0.4) is 0 Å². The molecule has 0 saturated heterocycles. The number of hydrogen-bond donors (Lipinski definition) is 4. The van der Waals surface area contributed by atoms with Crippen molar-refractivity contribution in [1.29, 1.82) is 0 Å². The zero-order valence-corrected chi connectivity index (χ0v) is 22.8. The molecule has 43 heavy (non-hydrogen) atoms. The number of imide groups is 1. The van der Waals surface area contributed by atoms with E-state index in [9.17, 15) is 39.0 Å². The van der Waals surface area contributed by atoms with Crippen LogP contribution in [0.1, 0.15) is 73.3 Å². The number of carboxylic acid groups (broad SMARTS) is 2. The van der Waals surface area contributed by atoms with Gasteiger partial charge in [-0.3, -0.25) is 19.2 Å². The van der Waals surface area contributed by atoms with E-state index in [2.05, 4.69) is 10.6 Å². The minimum absolute atomic E-state index is 0.0107. The van der Waals surface area contributed by atoms with Gasteiger partial charge in [-0.1, -0.05) is 24.3 Å². The highest BCUT2D eigenvalue weighted by atomic mass is 16.4. The van der Waals surface area contributed by atoms with Gasteiger partial charge < -0.3 is 20.8 Å². The SMILES string of the molecule is Cc1cccc(C(=O)O)c1NC(=O)c1ccc(N2C(=O)c3ccc(C(=O)Nc4c(C)cccc4C(=O)O)cc3C2=O)cc1. The molecule has 0 radical (unpaired) electrons. The molecule has 214 valence electrons. The number of nitrogens with one attached hydrogen (secondary N) is 2. The largest absolute Gasteiger partial charge is 0.478 e. The van der Waals surface area contributed by atoms with E-state index >= 15 is 0 Å². The summed E-state index contributed by atoms with van der Waals surface area (Å²) >= 11 is 0. The molecule has 11 heteroatoms. The Morgan fingerprint density at radius 3 is 1.58 bits per heavy atom. The van der Waals surface area contributed by atoms with E-state index in [0.717, 1.165) is 4.90 Å². The molecule has 4 aromatic rings. The molecular formula is C32H23N3O8. The van der Waals surface area contributed by atoms with Gasteiger partial charge in [0.1, 0.15) is 0 Å². The van der Waals surface area contributed by atoms with Gasteiger partial charge in [0.05, 0.1) is 39.3 Å². The second kappa shape index (κ2) is 11.1. The van der Waals surface area contributed by atoms with Crippen molar-refractivity contribution in [3.63, 3.8) is 0 Å². The van der Waals surface area contributed by atoms with E-state index < -0.39 is 35.6 Å². The number of carboxylic acids is 2. The predicted octanol–water partition coefficient (Wildman–Crippen LogP) is 5.01. The van der Waals surface area contributed by atoms with Crippen molar-refractivity contribution in [2.75, 3.05) is 15.5 Å². The lowest BCUT2D eigenvalue weighted by Crippen LogP contribution is -2.29. The Bertz CT molecular complexity index is 1880. The van der Waals surface area contributed by atoms with Gasteiger partial charge in [0, 0.05) is 11.1 Å². The molecular weight excluding hydrogens is 554 g/mol. The number of aryl methyl sites for hydroxylation is 2. The number of aromatic carboxylic acids is 2. The molecule has 0 fully saturated rings. The van der Waals surface area contributed by atoms with Crippen LogP contribution < -0.4 is 15.5 Å². The Morgan fingerprint density at radius 1 is 0.605 bits per heavy atom. The van der Waals surface area contributed by atoms with Crippen LogP contribution in [0.5, 0.6) is 0 Å². The average Bonchev–Trinajstić information content (AvgIpc) is 3.23. The molecule has 0 aromatic heterocycles. The van der Waals surface area contributed by atoms with Gasteiger partial charge in [0.15, 0.2) is 0 Å². The molecule has 1 aliphatic heterocycles. The number of para-hydroxylation sites is 2. The lowest BCUT2D eigenvalue weighted by molar-refractivity contribution is 0.0686. The molecule has 4 amide bonds. The van der Waals surface area contributed by atoms with E-state index in [-0.39, 0.29) is 50.4 Å². The maximum atomic E-state index is 13.3. The summed E-state index contributed by atoms with van der Waals surface area (Å²) in [5, 5.41) is 24.1. The Balaban J connectivity index is 1.36. The van der Waals surface area contributed by atoms with Crippen LogP contribution in [-0.2, 0) is 0 Å². The van der Waals surface area contributed by atoms with Crippen molar-refractivity contribution in [3.05, 3.63) is 123 Å². The number of anilines is 3. The molecule has 0 spiro atoms. The summed E-state index contributed by atoms with van der Waals surface area (Å²) in [7, 11) is 0. The Hall–Kier alpha value is -6.10. The fraction of sp³-hybridized carbons (Fsp3) is 0.0625. The normalized spacial score (nSPS) is 12.1. The first-order valence-corrected chi connectivity index (χ1v) is 12.9. The maximum Gasteiger partial charge on any atom is 0.337 e. The second-order valence-electron chi connectivity index (χ2n) is 9.77. The summed E-state index contributed by atoms with van der Waals surface area (Å²) in [4.78, 5) is 76.4. The minimum atomic E-state index is -1.21. The summed E-state index contributed by atoms with van der Waals surface area (Å²) in [6.07, 6.45) is 0. The number of amides is 4. The molecule has 5 rings (SSSR count). The summed E-state index contributed by atoms with van der Waals surface area (Å²) in [6, 6.07) is 18.8. The van der Waals surface area contributed by atoms with Crippen molar-refractivity contribution in [3.8, 4) is 0 Å². The summed E-state index contributed by atoms with van der Waals surface area (Å²) in [6.45, 7) is 3.31. The zero-order valence-electron chi connectivity index (χ0n) is 22.8. The van der Waals surface area contributed by atoms with Gasteiger partial charge in [-0.05, 0) is 79.6 Å². The first kappa shape index (κ1) is 28.4. The van der Waals surface area contributed by atoms with E-state index in [1.54, 1.807) is 38.1 Å². The number of rotatable bonds is 7. The van der Waals surface area contributed by atoms with Crippen molar-refractivity contribution in [1.82, 2.24) is 0 Å². The van der Waals surface area contributed by atoms with Gasteiger partial charge in [-0.2, -0.15) is 0 Å². The van der Waals surface area contributed by atoms with Gasteiger partial charge in [-0.15, -0.1) is 0 Å². The van der Waals surface area contributed by atoms with Crippen molar-refractivity contribution in [2.24, 2.45) is 0 Å². The third kappa shape index (κ3) is 5.22. The number of carbonyl (C=O) groups excluding carboxylic acids is 4. The van der Waals surface area contributed by atoms with Gasteiger partial charge >= 0.3 is 11.9 Å². The molecule has 0 unspecified atom stereocenters. The fourth-order valence-corrected chi connectivity index (χ4v) is 4.77. The second-order valence-corrected chi connectivity index (χ2v) is 9.77. The molecule has 1 aliphatic rings. The maximum absolute atomic E-state index is 13.3. The molecule has 11 nitrogen and oxygen atoms in total. The molecule has 1 heterocycles. The summed E-state index contributed by atoms with van der Waals surface area (Å²) in [5.41, 5.74) is 1.67. The standard InChI is InChI=1S/C32H23N3O8/c1-16-5-3-7-22(31(40)41)25(16)33-27(36)18-9-12-20(13-10-18)35-29(38)21-14-11-19(15-24(21)30(35)39)28(37)34-26-17(2)6-4-8-23(26)32(42)43/h3-15H,1-2H3,(H,33,36)(H,34,37)(H,40,41)(H,42,43). The molecule has 0 atom stereocenters. The van der Waals surface area contributed by atoms with Crippen molar-refractivity contribution >= 4 is 52.6 Å². The molecule has 4 N–H and O–H groups in total. The fourth-order valence-electron chi connectivity index (χ4n) is 4.77. The van der Waals surface area contributed by atoms with Crippen LogP contribution in [0.2, 0.25) is 0 Å². The van der Waals surface area contributed by atoms with Crippen LogP contribution in [-0.4, -0.2) is 45.8 Å². The minimum Gasteiger partial charge on any atom is -0.478 e. The van der Waals surface area contributed by atoms with E-state index in [4.69, 9.17) is 0 Å². The first-order valence-electron chi connectivity index (χ1n) is 12.9. The van der Waals surface area contributed by atoms with Crippen molar-refractivity contribution in [2.45, 2.75) is 13.8 Å². The van der Waals surface area contributed by atoms with Gasteiger partial charge in [0.2, 0.25) is 0 Å². The third-order valence-electron chi connectivity index (χ3n) is 7.02. The monoisotopic (exact) mass is 577 g/mol. The lowest BCUT2D eigenvalue weighted by Gasteiger charge is -2.15. The van der Waals surface area contributed by atoms with Gasteiger partial charge in [0.25, 0.3) is 23.6 Å². The van der Waals surface area contributed by atoms with Crippen LogP contribution in [0.4, 0.5) is 17.1 Å². The Morgan fingerprint density at radius 2 is 1.07 bits per heavy atom. The number of carbonyl (C=O) groups is 6. The Kier molecular flexibility index (Phi) is 7.31. The lowest BCUT2D eigenvalue weighted by atomic mass is 10.0. The van der Waals surface area contributed by atoms with Crippen LogP contribution in [0.25, 0.3) is 0 Å². The van der Waals surface area contributed by atoms with Crippen molar-refractivity contribution < 1.29 is 39.0 Å². The highest BCUT2D eigenvalue weighted by Gasteiger charge is 2.37. The first-order chi connectivity index (χ1) is 20.5. The van der Waals surface area contributed by atoms with Gasteiger partial charge in [-0.25, -0.2) is 14.5 Å². The highest BCUT2D eigenvalue weighted by Crippen LogP contribution is 2.30. The Labute approximate surface area is 244 Å². The van der Waals surface area contributed by atoms with Crippen LogP contribution >= 0.6 is 0 Å². The smallest absolute Gasteiger partial charge is 0.337 e. The average molecular weight is 578 g/mol. The summed E-state index contributed by atoms with van der Waals surface area (Å²) < 4.78 is 0. The van der Waals surface area contributed by atoms with Crippen LogP contribution in [0.15, 0.2) is 78.9 Å². The topological polar surface area (TPSA) is 170 Å². The van der Waals surface area contributed by atoms with Crippen LogP contribution in [0, 0.1) is 13.8 Å². The van der Waals surface area contributed by atoms with E-state index in [1.165, 1.54) is 54.6 Å². The molecule has 4 aromatic carbocycles. The number of fused-ring (bicyclic) bond motifs is 1. The quantitative estimate of drug-likeness (QED) is 0.222. The highest BCUT2D eigenvalue weighted by molar-refractivity contribution is 6.35. The number of hydrogen-bond acceptors (Lipinski definition) is 6. The van der Waals surface area contributed by atoms with E-state index in [1.807, 2.05) is 0 Å².